The Morgan fingerprint density at radius 1 is 0.978 bits per heavy atom. The number of aromatic amines is 1. The monoisotopic (exact) mass is 642 g/mol. The number of nitrogens with one attached hydrogen (secondary N) is 3. The lowest BCUT2D eigenvalue weighted by molar-refractivity contribution is -0.134. The Morgan fingerprint density at radius 2 is 1.69 bits per heavy atom. The van der Waals surface area contributed by atoms with Gasteiger partial charge in [-0.2, -0.15) is 0 Å². The number of fused-ring (bicyclic) bond motifs is 1. The van der Waals surface area contributed by atoms with Crippen LogP contribution in [-0.2, 0) is 4.79 Å². The van der Waals surface area contributed by atoms with Gasteiger partial charge in [-0.15, -0.1) is 0 Å². The molecule has 0 spiro atoms. The number of H-pyrrole nitrogens is 1. The van der Waals surface area contributed by atoms with Gasteiger partial charge in [0.25, 0.3) is 18.2 Å². The van der Waals surface area contributed by atoms with E-state index in [0.29, 0.717) is 11.0 Å². The molecule has 2 atom stereocenters. The molecular formula is C29H32F6N6O4. The van der Waals surface area contributed by atoms with Gasteiger partial charge >= 0.3 is 0 Å². The predicted octanol–water partition coefficient (Wildman–Crippen LogP) is 5.89. The Labute approximate surface area is 253 Å². The molecule has 2 aromatic heterocycles. The topological polar surface area (TPSA) is 135 Å². The second-order valence-corrected chi connectivity index (χ2v) is 12.4. The van der Waals surface area contributed by atoms with Crippen LogP contribution in [0.3, 0.4) is 0 Å². The molecule has 3 aliphatic carbocycles. The molecule has 3 fully saturated rings. The zero-order valence-electron chi connectivity index (χ0n) is 24.0. The van der Waals surface area contributed by atoms with Gasteiger partial charge in [0.2, 0.25) is 23.4 Å². The average molecular weight is 643 g/mol. The maximum atomic E-state index is 14.0. The third-order valence-corrected chi connectivity index (χ3v) is 8.78. The van der Waals surface area contributed by atoms with Crippen LogP contribution in [0.4, 0.5) is 26.3 Å². The highest BCUT2D eigenvalue weighted by atomic mass is 19.3. The van der Waals surface area contributed by atoms with Crippen LogP contribution < -0.4 is 15.4 Å². The molecule has 3 aromatic rings. The summed E-state index contributed by atoms with van der Waals surface area (Å²) in [6.07, 6.45) is -2.19. The minimum absolute atomic E-state index is 0.0331. The van der Waals surface area contributed by atoms with Crippen LogP contribution >= 0.6 is 0 Å². The van der Waals surface area contributed by atoms with Crippen LogP contribution in [0.15, 0.2) is 22.8 Å². The lowest BCUT2D eigenvalue weighted by atomic mass is 9.79. The molecule has 0 aliphatic heterocycles. The van der Waals surface area contributed by atoms with Crippen molar-refractivity contribution in [2.24, 2.45) is 17.8 Å². The van der Waals surface area contributed by atoms with Gasteiger partial charge in [-0.3, -0.25) is 9.59 Å². The van der Waals surface area contributed by atoms with Crippen LogP contribution in [0.2, 0.25) is 0 Å². The molecule has 1 unspecified atom stereocenters. The second-order valence-electron chi connectivity index (χ2n) is 12.4. The van der Waals surface area contributed by atoms with E-state index in [-0.39, 0.29) is 74.6 Å². The molecule has 45 heavy (non-hydrogen) atoms. The number of amides is 2. The zero-order valence-corrected chi connectivity index (χ0v) is 24.0. The van der Waals surface area contributed by atoms with Gasteiger partial charge in [-0.05, 0) is 71.4 Å². The summed E-state index contributed by atoms with van der Waals surface area (Å²) in [6, 6.07) is 4.17. The molecule has 2 heterocycles. The lowest BCUT2D eigenvalue weighted by Crippen LogP contribution is -2.39. The number of hydrogen-bond acceptors (Lipinski definition) is 7. The highest BCUT2D eigenvalue weighted by molar-refractivity contribution is 5.94. The van der Waals surface area contributed by atoms with Gasteiger partial charge < -0.3 is 20.4 Å². The number of halogens is 6. The maximum absolute atomic E-state index is 14.0. The number of hydrogen-bond donors (Lipinski definition) is 3. The molecule has 6 rings (SSSR count). The first-order valence-corrected chi connectivity index (χ1v) is 14.9. The third-order valence-electron chi connectivity index (χ3n) is 8.78. The van der Waals surface area contributed by atoms with Crippen molar-refractivity contribution < 1.29 is 45.3 Å². The van der Waals surface area contributed by atoms with Crippen LogP contribution in [0, 0.1) is 17.8 Å². The average Bonchev–Trinajstić information content (AvgIpc) is 3.53. The molecule has 2 amide bonds. The number of carbonyl (C=O) groups is 2. The lowest BCUT2D eigenvalue weighted by Gasteiger charge is -2.34. The van der Waals surface area contributed by atoms with E-state index in [9.17, 15) is 35.9 Å². The molecule has 0 bridgehead atoms. The number of imidazole rings is 1. The largest absolute Gasteiger partial charge is 0.468 e. The van der Waals surface area contributed by atoms with Gasteiger partial charge in [0.05, 0.1) is 23.1 Å². The Kier molecular flexibility index (Phi) is 8.41. The van der Waals surface area contributed by atoms with Crippen LogP contribution in [0.25, 0.3) is 11.0 Å². The molecular weight excluding hydrogens is 610 g/mol. The van der Waals surface area contributed by atoms with E-state index in [1.165, 1.54) is 0 Å². The van der Waals surface area contributed by atoms with Crippen molar-refractivity contribution in [3.05, 3.63) is 35.3 Å². The molecule has 3 saturated carbocycles. The van der Waals surface area contributed by atoms with Crippen molar-refractivity contribution in [2.45, 2.75) is 88.1 Å². The summed E-state index contributed by atoms with van der Waals surface area (Å²) in [4.78, 5) is 33.8. The van der Waals surface area contributed by atoms with Crippen LogP contribution in [0.5, 0.6) is 5.88 Å². The summed E-state index contributed by atoms with van der Waals surface area (Å²) in [5.74, 6) is -7.53. The molecule has 3 N–H and O–H groups in total. The Morgan fingerprint density at radius 3 is 2.36 bits per heavy atom. The highest BCUT2D eigenvalue weighted by Crippen LogP contribution is 2.45. The maximum Gasteiger partial charge on any atom is 0.289 e. The number of alkyl halides is 6. The predicted molar refractivity (Wildman–Crippen MR) is 145 cm³/mol. The Bertz CT molecular complexity index is 1520. The quantitative estimate of drug-likeness (QED) is 0.210. The zero-order chi connectivity index (χ0) is 31.9. The molecule has 3 aliphatic rings. The van der Waals surface area contributed by atoms with Crippen molar-refractivity contribution in [2.75, 3.05) is 6.61 Å². The number of ether oxygens (including phenoxy) is 1. The normalized spacial score (nSPS) is 21.3. The van der Waals surface area contributed by atoms with Crippen molar-refractivity contribution >= 4 is 22.8 Å². The van der Waals surface area contributed by atoms with Crippen LogP contribution in [0.1, 0.15) is 91.7 Å². The Balaban J connectivity index is 1.22. The first kappa shape index (κ1) is 31.1. The smallest absolute Gasteiger partial charge is 0.289 e. The summed E-state index contributed by atoms with van der Waals surface area (Å²) in [6.45, 7) is -1.04. The fraction of sp³-hybridized carbons (Fsp3) is 0.621. The Hall–Kier alpha value is -3.85. The van der Waals surface area contributed by atoms with Gasteiger partial charge in [0.1, 0.15) is 5.82 Å². The van der Waals surface area contributed by atoms with E-state index in [1.807, 2.05) is 6.07 Å². The minimum Gasteiger partial charge on any atom is -0.468 e. The fourth-order valence-electron chi connectivity index (χ4n) is 6.28. The third kappa shape index (κ3) is 7.35. The van der Waals surface area contributed by atoms with Crippen molar-refractivity contribution in [3.63, 3.8) is 0 Å². The van der Waals surface area contributed by atoms with E-state index < -0.39 is 54.3 Å². The van der Waals surface area contributed by atoms with Gasteiger partial charge in [-0.25, -0.2) is 36.0 Å². The summed E-state index contributed by atoms with van der Waals surface area (Å²) < 4.78 is 89.2. The summed E-state index contributed by atoms with van der Waals surface area (Å²) >= 11 is 0. The molecule has 244 valence electrons. The summed E-state index contributed by atoms with van der Waals surface area (Å²) in [5, 5.41) is 12.6. The highest BCUT2D eigenvalue weighted by Gasteiger charge is 2.46. The van der Waals surface area contributed by atoms with E-state index in [1.54, 1.807) is 12.1 Å². The SMILES string of the molecule is O=C(CC1CC(F)(F)C1)NC(c1ccc2[nH]c([C@@H](NC(=O)c3nonc3OCC(F)F)C3CCC(F)(F)CC3)nc2c1)C1CC1. The van der Waals surface area contributed by atoms with Crippen molar-refractivity contribution in [1.82, 2.24) is 30.9 Å². The van der Waals surface area contributed by atoms with E-state index in [0.717, 1.165) is 18.4 Å². The first-order chi connectivity index (χ1) is 21.4. The van der Waals surface area contributed by atoms with Crippen LogP contribution in [-0.4, -0.2) is 57.0 Å². The molecule has 10 nitrogen and oxygen atoms in total. The van der Waals surface area contributed by atoms with Crippen molar-refractivity contribution in [1.29, 1.82) is 0 Å². The standard InChI is InChI=1S/C29H32F6N6O4/c30-20(31)13-44-27-24(40-45-41-27)26(43)39-23(16-5-7-28(32,33)8-6-16)25-36-18-4-3-17(10-19(18)37-25)22(15-1-2-15)38-21(42)9-14-11-29(34,35)12-14/h3-4,10,14-16,20,22-23H,1-2,5-9,11-13H2,(H,36,37)(H,38,42)(H,39,43)/t22?,23-/m0/s1. The summed E-state index contributed by atoms with van der Waals surface area (Å²) in [5.41, 5.74) is 1.40. The second kappa shape index (κ2) is 12.2. The summed E-state index contributed by atoms with van der Waals surface area (Å²) in [7, 11) is 0. The molecule has 0 saturated heterocycles. The fourth-order valence-corrected chi connectivity index (χ4v) is 6.28. The van der Waals surface area contributed by atoms with E-state index in [2.05, 4.69) is 35.5 Å². The van der Waals surface area contributed by atoms with E-state index in [4.69, 9.17) is 4.74 Å². The molecule has 16 heteroatoms. The van der Waals surface area contributed by atoms with Crippen molar-refractivity contribution in [3.8, 4) is 5.88 Å². The minimum atomic E-state index is -2.83. The van der Waals surface area contributed by atoms with E-state index >= 15 is 0 Å². The van der Waals surface area contributed by atoms with Gasteiger partial charge in [0, 0.05) is 32.1 Å². The number of carbonyl (C=O) groups excluding carboxylic acids is 2. The van der Waals surface area contributed by atoms with Gasteiger partial charge in [-0.1, -0.05) is 6.07 Å². The van der Waals surface area contributed by atoms with Gasteiger partial charge in [0.15, 0.2) is 6.61 Å². The number of nitrogens with zero attached hydrogens (tertiary/aromatic N) is 3. The molecule has 1 aromatic carbocycles. The first-order valence-electron chi connectivity index (χ1n) is 14.9. The molecule has 0 radical (unpaired) electrons. The number of aromatic nitrogens is 4. The number of benzene rings is 1. The number of rotatable bonds is 12.